The molecule has 1 rings (SSSR count). The highest BCUT2D eigenvalue weighted by molar-refractivity contribution is 5.25. The summed E-state index contributed by atoms with van der Waals surface area (Å²) in [7, 11) is 0. The molecule has 0 aromatic heterocycles. The maximum absolute atomic E-state index is 8.89. The number of rotatable bonds is 3. The fourth-order valence-electron chi connectivity index (χ4n) is 1.28. The highest BCUT2D eigenvalue weighted by Crippen LogP contribution is 2.12. The summed E-state index contributed by atoms with van der Waals surface area (Å²) in [5.41, 5.74) is 2.66. The summed E-state index contributed by atoms with van der Waals surface area (Å²) >= 11 is 0. The highest BCUT2D eigenvalue weighted by Gasteiger charge is 2.03. The molecule has 12 heavy (non-hydrogen) atoms. The average Bonchev–Trinajstić information content (AvgIpc) is 2.09. The van der Waals surface area contributed by atoms with Gasteiger partial charge in [0.05, 0.1) is 0 Å². The van der Waals surface area contributed by atoms with E-state index >= 15 is 0 Å². The standard InChI is InChI=1S/C11H16O/c1-9(8-12)7-11-6-4-3-5-10(11)2/h3-6,9,12H,7-8H2,1-2H3. The quantitative estimate of drug-likeness (QED) is 0.726. The van der Waals surface area contributed by atoms with Crippen LogP contribution in [0.1, 0.15) is 18.1 Å². The van der Waals surface area contributed by atoms with Crippen molar-refractivity contribution in [2.45, 2.75) is 20.3 Å². The molecule has 0 heterocycles. The Hall–Kier alpha value is -0.820. The molecule has 66 valence electrons. The van der Waals surface area contributed by atoms with E-state index in [0.717, 1.165) is 6.42 Å². The van der Waals surface area contributed by atoms with Crippen LogP contribution in [0, 0.1) is 12.8 Å². The van der Waals surface area contributed by atoms with Gasteiger partial charge in [0.25, 0.3) is 0 Å². The second-order valence-corrected chi connectivity index (χ2v) is 3.42. The summed E-state index contributed by atoms with van der Waals surface area (Å²) in [5, 5.41) is 8.89. The largest absolute Gasteiger partial charge is 0.396 e. The molecule has 1 unspecified atom stereocenters. The molecule has 0 spiro atoms. The number of aryl methyl sites for hydroxylation is 1. The Morgan fingerprint density at radius 2 is 2.00 bits per heavy atom. The van der Waals surface area contributed by atoms with Crippen molar-refractivity contribution in [3.8, 4) is 0 Å². The Bertz CT molecular complexity index is 243. The molecule has 0 saturated carbocycles. The van der Waals surface area contributed by atoms with Gasteiger partial charge in [0, 0.05) is 6.61 Å². The van der Waals surface area contributed by atoms with Gasteiger partial charge in [0.2, 0.25) is 0 Å². The molecule has 1 nitrogen and oxygen atoms in total. The molecule has 0 bridgehead atoms. The maximum atomic E-state index is 8.89. The van der Waals surface area contributed by atoms with Crippen LogP contribution in [0.5, 0.6) is 0 Å². The van der Waals surface area contributed by atoms with E-state index in [1.165, 1.54) is 11.1 Å². The van der Waals surface area contributed by atoms with Crippen LogP contribution in [-0.4, -0.2) is 11.7 Å². The minimum absolute atomic E-state index is 0.272. The monoisotopic (exact) mass is 164 g/mol. The van der Waals surface area contributed by atoms with E-state index in [9.17, 15) is 0 Å². The third-order valence-corrected chi connectivity index (χ3v) is 2.14. The van der Waals surface area contributed by atoms with Crippen molar-refractivity contribution in [1.29, 1.82) is 0 Å². The van der Waals surface area contributed by atoms with E-state index < -0.39 is 0 Å². The molecule has 0 saturated heterocycles. The molecule has 0 fully saturated rings. The van der Waals surface area contributed by atoms with Crippen LogP contribution in [0.3, 0.4) is 0 Å². The summed E-state index contributed by atoms with van der Waals surface area (Å²) in [5.74, 6) is 0.367. The first-order valence-electron chi connectivity index (χ1n) is 4.39. The number of aliphatic hydroxyl groups is 1. The van der Waals surface area contributed by atoms with E-state index in [-0.39, 0.29) is 6.61 Å². The normalized spacial score (nSPS) is 12.9. The summed E-state index contributed by atoms with van der Waals surface area (Å²) in [6.45, 7) is 4.44. The second kappa shape index (κ2) is 4.27. The summed E-state index contributed by atoms with van der Waals surface area (Å²) in [4.78, 5) is 0. The van der Waals surface area contributed by atoms with Gasteiger partial charge in [0.15, 0.2) is 0 Å². The Labute approximate surface area is 74.1 Å². The Kier molecular flexibility index (Phi) is 3.30. The number of aliphatic hydroxyl groups excluding tert-OH is 1. The number of benzene rings is 1. The molecular formula is C11H16O. The zero-order valence-corrected chi connectivity index (χ0v) is 7.75. The molecule has 0 radical (unpaired) electrons. The van der Waals surface area contributed by atoms with Gasteiger partial charge in [-0.25, -0.2) is 0 Å². The lowest BCUT2D eigenvalue weighted by Crippen LogP contribution is -2.05. The zero-order chi connectivity index (χ0) is 8.97. The molecule has 1 N–H and O–H groups in total. The van der Waals surface area contributed by atoms with E-state index in [1.807, 2.05) is 12.1 Å². The van der Waals surface area contributed by atoms with Gasteiger partial charge < -0.3 is 5.11 Å². The summed E-state index contributed by atoms with van der Waals surface area (Å²) < 4.78 is 0. The molecule has 0 aliphatic carbocycles. The van der Waals surface area contributed by atoms with Crippen LogP contribution in [0.4, 0.5) is 0 Å². The first-order chi connectivity index (χ1) is 5.74. The third kappa shape index (κ3) is 2.35. The van der Waals surface area contributed by atoms with Gasteiger partial charge in [-0.1, -0.05) is 31.2 Å². The molecule has 1 aromatic carbocycles. The van der Waals surface area contributed by atoms with Crippen molar-refractivity contribution >= 4 is 0 Å². The third-order valence-electron chi connectivity index (χ3n) is 2.14. The van der Waals surface area contributed by atoms with Crippen LogP contribution < -0.4 is 0 Å². The van der Waals surface area contributed by atoms with Crippen LogP contribution in [0.25, 0.3) is 0 Å². The first-order valence-corrected chi connectivity index (χ1v) is 4.39. The SMILES string of the molecule is Cc1ccccc1CC(C)CO. The smallest absolute Gasteiger partial charge is 0.0459 e. The van der Waals surface area contributed by atoms with Gasteiger partial charge >= 0.3 is 0 Å². The second-order valence-electron chi connectivity index (χ2n) is 3.42. The Balaban J connectivity index is 2.69. The van der Waals surface area contributed by atoms with E-state index in [2.05, 4.69) is 26.0 Å². The topological polar surface area (TPSA) is 20.2 Å². The minimum Gasteiger partial charge on any atom is -0.396 e. The average molecular weight is 164 g/mol. The van der Waals surface area contributed by atoms with Crippen molar-refractivity contribution in [2.24, 2.45) is 5.92 Å². The highest BCUT2D eigenvalue weighted by atomic mass is 16.3. The van der Waals surface area contributed by atoms with Crippen LogP contribution in [0.15, 0.2) is 24.3 Å². The van der Waals surface area contributed by atoms with E-state index in [1.54, 1.807) is 0 Å². The predicted molar refractivity (Wildman–Crippen MR) is 51.1 cm³/mol. The lowest BCUT2D eigenvalue weighted by atomic mass is 9.98. The van der Waals surface area contributed by atoms with E-state index in [0.29, 0.717) is 5.92 Å². The van der Waals surface area contributed by atoms with Gasteiger partial charge in [-0.3, -0.25) is 0 Å². The molecule has 1 heteroatoms. The lowest BCUT2D eigenvalue weighted by Gasteiger charge is -2.09. The van der Waals surface area contributed by atoms with Gasteiger partial charge in [-0.05, 0) is 30.4 Å². The van der Waals surface area contributed by atoms with Crippen molar-refractivity contribution in [3.63, 3.8) is 0 Å². The Morgan fingerprint density at radius 3 is 2.58 bits per heavy atom. The Morgan fingerprint density at radius 1 is 1.33 bits per heavy atom. The van der Waals surface area contributed by atoms with Crippen molar-refractivity contribution in [3.05, 3.63) is 35.4 Å². The fraction of sp³-hybridized carbons (Fsp3) is 0.455. The zero-order valence-electron chi connectivity index (χ0n) is 7.75. The molecule has 0 aliphatic heterocycles. The molecular weight excluding hydrogens is 148 g/mol. The maximum Gasteiger partial charge on any atom is 0.0459 e. The van der Waals surface area contributed by atoms with Crippen LogP contribution >= 0.6 is 0 Å². The summed E-state index contributed by atoms with van der Waals surface area (Å²) in [6, 6.07) is 8.33. The molecule has 0 amide bonds. The van der Waals surface area contributed by atoms with Gasteiger partial charge in [0.1, 0.15) is 0 Å². The predicted octanol–water partition coefficient (Wildman–Crippen LogP) is 2.17. The minimum atomic E-state index is 0.272. The molecule has 1 aromatic rings. The van der Waals surface area contributed by atoms with Crippen LogP contribution in [0.2, 0.25) is 0 Å². The lowest BCUT2D eigenvalue weighted by molar-refractivity contribution is 0.237. The molecule has 0 aliphatic rings. The van der Waals surface area contributed by atoms with Gasteiger partial charge in [-0.15, -0.1) is 0 Å². The van der Waals surface area contributed by atoms with Crippen LogP contribution in [-0.2, 0) is 6.42 Å². The fourth-order valence-corrected chi connectivity index (χ4v) is 1.28. The summed E-state index contributed by atoms with van der Waals surface area (Å²) in [6.07, 6.45) is 0.975. The van der Waals surface area contributed by atoms with E-state index in [4.69, 9.17) is 5.11 Å². The van der Waals surface area contributed by atoms with Crippen molar-refractivity contribution < 1.29 is 5.11 Å². The number of hydrogen-bond donors (Lipinski definition) is 1. The van der Waals surface area contributed by atoms with Gasteiger partial charge in [-0.2, -0.15) is 0 Å². The number of hydrogen-bond acceptors (Lipinski definition) is 1. The molecule has 1 atom stereocenters. The van der Waals surface area contributed by atoms with Crippen molar-refractivity contribution in [2.75, 3.05) is 6.61 Å². The first kappa shape index (κ1) is 9.27. The van der Waals surface area contributed by atoms with Crippen molar-refractivity contribution in [1.82, 2.24) is 0 Å².